The molecule has 0 aliphatic carbocycles. The number of nitrogens with zero attached hydrogens (tertiary/aromatic N) is 1. The van der Waals surface area contributed by atoms with E-state index in [0.29, 0.717) is 17.3 Å². The zero-order valence-corrected chi connectivity index (χ0v) is 12.5. The largest absolute Gasteiger partial charge is 0.451 e. The number of carbonyl (C=O) groups is 2. The zero-order valence-electron chi connectivity index (χ0n) is 9.51. The van der Waals surface area contributed by atoms with Crippen molar-refractivity contribution in [2.45, 2.75) is 0 Å². The maximum absolute atomic E-state index is 11.9. The van der Waals surface area contributed by atoms with E-state index in [1.54, 1.807) is 18.2 Å². The van der Waals surface area contributed by atoms with Crippen LogP contribution in [0.2, 0.25) is 0 Å². The Hall–Kier alpha value is -0.800. The quantitative estimate of drug-likeness (QED) is 0.595. The van der Waals surface area contributed by atoms with Gasteiger partial charge in [0.2, 0.25) is 0 Å². The highest BCUT2D eigenvalue weighted by molar-refractivity contribution is 14.1. The van der Waals surface area contributed by atoms with Gasteiger partial charge < -0.3 is 9.15 Å². The molecule has 0 unspecified atom stereocenters. The first-order valence-corrected chi connectivity index (χ1v) is 7.01. The van der Waals surface area contributed by atoms with Gasteiger partial charge in [-0.05, 0) is 46.5 Å². The molecule has 1 saturated heterocycles. The molecule has 96 valence electrons. The molecular formula is C11H10INO4S. The number of furan rings is 1. The third-order valence-corrected chi connectivity index (χ3v) is 3.75. The minimum absolute atomic E-state index is 0.272. The lowest BCUT2D eigenvalue weighted by molar-refractivity contribution is -0.123. The van der Waals surface area contributed by atoms with Gasteiger partial charge in [-0.15, -0.1) is 0 Å². The van der Waals surface area contributed by atoms with Crippen LogP contribution in [0, 0.1) is 3.77 Å². The van der Waals surface area contributed by atoms with Crippen molar-refractivity contribution >= 4 is 51.6 Å². The molecule has 1 aliphatic heterocycles. The number of halogens is 1. The van der Waals surface area contributed by atoms with Crippen molar-refractivity contribution in [1.82, 2.24) is 4.90 Å². The molecule has 0 atom stereocenters. The molecule has 0 aromatic carbocycles. The number of carbonyl (C=O) groups excluding carboxylic acids is 2. The van der Waals surface area contributed by atoms with Gasteiger partial charge in [-0.1, -0.05) is 0 Å². The maximum Gasteiger partial charge on any atom is 0.293 e. The summed E-state index contributed by atoms with van der Waals surface area (Å²) in [6, 6.07) is 3.55. The summed E-state index contributed by atoms with van der Waals surface area (Å²) in [5.74, 6) is 0.269. The van der Waals surface area contributed by atoms with Crippen molar-refractivity contribution in [3.8, 4) is 0 Å². The van der Waals surface area contributed by atoms with E-state index in [1.165, 1.54) is 12.0 Å². The monoisotopic (exact) mass is 379 g/mol. The van der Waals surface area contributed by atoms with Crippen LogP contribution in [0.3, 0.4) is 0 Å². The number of amides is 2. The summed E-state index contributed by atoms with van der Waals surface area (Å²) in [5, 5.41) is -0.274. The molecule has 0 spiro atoms. The van der Waals surface area contributed by atoms with E-state index in [0.717, 1.165) is 15.5 Å². The van der Waals surface area contributed by atoms with Crippen LogP contribution in [0.25, 0.3) is 6.08 Å². The van der Waals surface area contributed by atoms with Gasteiger partial charge >= 0.3 is 0 Å². The maximum atomic E-state index is 11.9. The van der Waals surface area contributed by atoms with Crippen LogP contribution in [-0.4, -0.2) is 36.3 Å². The van der Waals surface area contributed by atoms with Gasteiger partial charge in [-0.2, -0.15) is 0 Å². The Labute approximate surface area is 122 Å². The first-order valence-electron chi connectivity index (χ1n) is 5.11. The molecule has 2 rings (SSSR count). The van der Waals surface area contributed by atoms with Gasteiger partial charge in [-0.3, -0.25) is 14.5 Å². The number of thioether (sulfide) groups is 1. The molecule has 0 N–H and O–H groups in total. The van der Waals surface area contributed by atoms with Gasteiger partial charge in [-0.25, -0.2) is 0 Å². The van der Waals surface area contributed by atoms with Gasteiger partial charge in [0.25, 0.3) is 11.1 Å². The van der Waals surface area contributed by atoms with Gasteiger partial charge in [0.1, 0.15) is 5.76 Å². The van der Waals surface area contributed by atoms with Crippen molar-refractivity contribution in [1.29, 1.82) is 0 Å². The first-order chi connectivity index (χ1) is 8.61. The smallest absolute Gasteiger partial charge is 0.293 e. The van der Waals surface area contributed by atoms with Crippen molar-refractivity contribution < 1.29 is 18.7 Å². The predicted octanol–water partition coefficient (Wildman–Crippen LogP) is 2.57. The van der Waals surface area contributed by atoms with E-state index in [9.17, 15) is 9.59 Å². The van der Waals surface area contributed by atoms with E-state index in [1.807, 2.05) is 22.6 Å². The molecule has 5 nitrogen and oxygen atoms in total. The number of rotatable bonds is 4. The van der Waals surface area contributed by atoms with E-state index in [2.05, 4.69) is 0 Å². The van der Waals surface area contributed by atoms with E-state index in [-0.39, 0.29) is 17.7 Å². The summed E-state index contributed by atoms with van der Waals surface area (Å²) in [4.78, 5) is 25.1. The van der Waals surface area contributed by atoms with Crippen molar-refractivity contribution in [3.05, 3.63) is 26.6 Å². The summed E-state index contributed by atoms with van der Waals surface area (Å²) < 4.78 is 10.9. The summed E-state index contributed by atoms with van der Waals surface area (Å²) >= 11 is 2.95. The van der Waals surface area contributed by atoms with Gasteiger partial charge in [0, 0.05) is 13.2 Å². The number of methoxy groups -OCH3 is 1. The van der Waals surface area contributed by atoms with E-state index < -0.39 is 0 Å². The SMILES string of the molecule is COCCN1C(=O)S/C(=C\c2ccc(I)o2)C1=O. The van der Waals surface area contributed by atoms with Crippen LogP contribution in [0.5, 0.6) is 0 Å². The third kappa shape index (κ3) is 2.96. The molecule has 1 aliphatic rings. The lowest BCUT2D eigenvalue weighted by Gasteiger charge is -2.10. The van der Waals surface area contributed by atoms with E-state index in [4.69, 9.17) is 9.15 Å². The Kier molecular flexibility index (Phi) is 4.46. The summed E-state index contributed by atoms with van der Waals surface area (Å²) in [7, 11) is 1.53. The Balaban J connectivity index is 2.14. The number of hydrogen-bond donors (Lipinski definition) is 0. The second-order valence-electron chi connectivity index (χ2n) is 3.47. The Morgan fingerprint density at radius 3 is 2.89 bits per heavy atom. The van der Waals surface area contributed by atoms with Crippen molar-refractivity contribution in [3.63, 3.8) is 0 Å². The van der Waals surface area contributed by atoms with Crippen LogP contribution in [-0.2, 0) is 9.53 Å². The molecular weight excluding hydrogens is 369 g/mol. The lowest BCUT2D eigenvalue weighted by atomic mass is 10.3. The Bertz CT molecular complexity index is 511. The topological polar surface area (TPSA) is 59.8 Å². The average Bonchev–Trinajstić information content (AvgIpc) is 2.84. The molecule has 0 saturated carbocycles. The number of imide groups is 1. The normalized spacial score (nSPS) is 18.1. The minimum atomic E-state index is -0.298. The summed E-state index contributed by atoms with van der Waals surface area (Å²) in [6.45, 7) is 0.609. The first kappa shape index (κ1) is 13.6. The van der Waals surface area contributed by atoms with Crippen molar-refractivity contribution in [2.75, 3.05) is 20.3 Å². The fraction of sp³-hybridized carbons (Fsp3) is 0.273. The molecule has 2 amide bonds. The Morgan fingerprint density at radius 2 is 2.28 bits per heavy atom. The molecule has 1 fully saturated rings. The van der Waals surface area contributed by atoms with Crippen LogP contribution in [0.4, 0.5) is 4.79 Å². The summed E-state index contributed by atoms with van der Waals surface area (Å²) in [5.41, 5.74) is 0. The zero-order chi connectivity index (χ0) is 13.1. The lowest BCUT2D eigenvalue weighted by Crippen LogP contribution is -2.31. The molecule has 18 heavy (non-hydrogen) atoms. The number of hydrogen-bond acceptors (Lipinski definition) is 5. The van der Waals surface area contributed by atoms with Gasteiger partial charge in [0.15, 0.2) is 3.77 Å². The van der Waals surface area contributed by atoms with Crippen LogP contribution >= 0.6 is 34.4 Å². The Morgan fingerprint density at radius 1 is 1.50 bits per heavy atom. The molecule has 0 radical (unpaired) electrons. The highest BCUT2D eigenvalue weighted by atomic mass is 127. The molecule has 7 heteroatoms. The third-order valence-electron chi connectivity index (χ3n) is 2.26. The summed E-state index contributed by atoms with van der Waals surface area (Å²) in [6.07, 6.45) is 1.58. The highest BCUT2D eigenvalue weighted by Crippen LogP contribution is 2.32. The van der Waals surface area contributed by atoms with Crippen LogP contribution < -0.4 is 0 Å². The van der Waals surface area contributed by atoms with E-state index >= 15 is 0 Å². The van der Waals surface area contributed by atoms with Crippen LogP contribution in [0.15, 0.2) is 21.5 Å². The fourth-order valence-corrected chi connectivity index (χ4v) is 2.69. The molecule has 2 heterocycles. The predicted molar refractivity (Wildman–Crippen MR) is 76.0 cm³/mol. The molecule has 1 aromatic rings. The second-order valence-corrected chi connectivity index (χ2v) is 5.52. The number of ether oxygens (including phenoxy) is 1. The molecule has 0 bridgehead atoms. The highest BCUT2D eigenvalue weighted by Gasteiger charge is 2.34. The second kappa shape index (κ2) is 5.89. The van der Waals surface area contributed by atoms with Gasteiger partial charge in [0.05, 0.1) is 18.1 Å². The standard InChI is InChI=1S/C11H10INO4S/c1-16-5-4-13-10(14)8(18-11(13)15)6-7-2-3-9(12)17-7/h2-3,6H,4-5H2,1H3/b8-6-. The van der Waals surface area contributed by atoms with Crippen molar-refractivity contribution in [2.24, 2.45) is 0 Å². The van der Waals surface area contributed by atoms with Crippen LogP contribution in [0.1, 0.15) is 5.76 Å². The minimum Gasteiger partial charge on any atom is -0.451 e. The fourth-order valence-electron chi connectivity index (χ4n) is 1.41. The molecule has 1 aromatic heterocycles. The average molecular weight is 379 g/mol.